The van der Waals surface area contributed by atoms with Crippen LogP contribution in [0.1, 0.15) is 36.7 Å². The van der Waals surface area contributed by atoms with Crippen LogP contribution in [-0.2, 0) is 16.1 Å². The van der Waals surface area contributed by atoms with Gasteiger partial charge in [-0.05, 0) is 50.1 Å². The second-order valence-corrected chi connectivity index (χ2v) is 8.66. The van der Waals surface area contributed by atoms with Gasteiger partial charge < -0.3 is 14.2 Å². The van der Waals surface area contributed by atoms with Gasteiger partial charge in [0.25, 0.3) is 0 Å². The second kappa shape index (κ2) is 10.7. The van der Waals surface area contributed by atoms with Gasteiger partial charge >= 0.3 is 12.1 Å². The molecule has 178 valence electrons. The van der Waals surface area contributed by atoms with E-state index in [1.54, 1.807) is 32.9 Å². The van der Waals surface area contributed by atoms with Crippen LogP contribution in [0.25, 0.3) is 11.1 Å². The lowest BCUT2D eigenvalue weighted by Gasteiger charge is -2.27. The van der Waals surface area contributed by atoms with Crippen LogP contribution in [0, 0.1) is 0 Å². The van der Waals surface area contributed by atoms with Crippen molar-refractivity contribution < 1.29 is 23.8 Å². The molecule has 1 amide bonds. The molecule has 3 aromatic carbocycles. The summed E-state index contributed by atoms with van der Waals surface area (Å²) in [6.45, 7) is 5.51. The first-order chi connectivity index (χ1) is 16.2. The van der Waals surface area contributed by atoms with Crippen molar-refractivity contribution in [3.05, 3.63) is 83.9 Å². The Labute approximate surface area is 200 Å². The molecule has 1 N–H and O–H groups in total. The van der Waals surface area contributed by atoms with Crippen LogP contribution >= 0.6 is 0 Å². The van der Waals surface area contributed by atoms with Gasteiger partial charge in [0.2, 0.25) is 0 Å². The standard InChI is InChI=1S/C27H30N2O5/c1-27(2,3)34-26(31)29(4)28-24-21(12-9-13-23(24)25(30)32-5)18-33-22-16-14-20(15-17-22)19-10-7-6-8-11-19/h6-17,28H,18H2,1-5H3. The number of anilines is 1. The van der Waals surface area contributed by atoms with Crippen molar-refractivity contribution in [3.8, 4) is 16.9 Å². The molecule has 3 aromatic rings. The molecule has 0 fully saturated rings. The lowest BCUT2D eigenvalue weighted by molar-refractivity contribution is 0.0337. The summed E-state index contributed by atoms with van der Waals surface area (Å²) in [4.78, 5) is 24.8. The van der Waals surface area contributed by atoms with E-state index in [0.29, 0.717) is 17.0 Å². The lowest BCUT2D eigenvalue weighted by atomic mass is 10.1. The highest BCUT2D eigenvalue weighted by Crippen LogP contribution is 2.26. The van der Waals surface area contributed by atoms with E-state index in [0.717, 1.165) is 11.1 Å². The number of ether oxygens (including phenoxy) is 3. The first-order valence-corrected chi connectivity index (χ1v) is 10.9. The number of nitrogens with one attached hydrogen (secondary N) is 1. The van der Waals surface area contributed by atoms with Gasteiger partial charge in [0.05, 0.1) is 18.4 Å². The Bertz CT molecular complexity index is 1120. The molecule has 0 bridgehead atoms. The fourth-order valence-electron chi connectivity index (χ4n) is 3.21. The molecular weight excluding hydrogens is 432 g/mol. The largest absolute Gasteiger partial charge is 0.489 e. The van der Waals surface area contributed by atoms with E-state index in [-0.39, 0.29) is 12.2 Å². The first kappa shape index (κ1) is 24.6. The number of methoxy groups -OCH3 is 1. The van der Waals surface area contributed by atoms with Gasteiger partial charge in [0, 0.05) is 12.6 Å². The van der Waals surface area contributed by atoms with Gasteiger partial charge in [0.1, 0.15) is 18.0 Å². The van der Waals surface area contributed by atoms with Gasteiger partial charge in [-0.15, -0.1) is 0 Å². The maximum absolute atomic E-state index is 12.4. The van der Waals surface area contributed by atoms with Crippen molar-refractivity contribution in [2.24, 2.45) is 0 Å². The van der Waals surface area contributed by atoms with E-state index < -0.39 is 17.7 Å². The van der Waals surface area contributed by atoms with Crippen LogP contribution < -0.4 is 10.2 Å². The average molecular weight is 463 g/mol. The molecule has 0 aliphatic rings. The Morgan fingerprint density at radius 2 is 1.53 bits per heavy atom. The highest BCUT2D eigenvalue weighted by atomic mass is 16.6. The number of esters is 1. The maximum atomic E-state index is 12.4. The summed E-state index contributed by atoms with van der Waals surface area (Å²) in [7, 11) is 2.83. The van der Waals surface area contributed by atoms with Crippen LogP contribution in [-0.4, -0.2) is 36.8 Å². The third-order valence-corrected chi connectivity index (χ3v) is 4.86. The number of amides is 1. The summed E-state index contributed by atoms with van der Waals surface area (Å²) in [6.07, 6.45) is -0.587. The molecule has 0 heterocycles. The minimum atomic E-state index is -0.660. The summed E-state index contributed by atoms with van der Waals surface area (Å²) < 4.78 is 16.3. The zero-order valence-corrected chi connectivity index (χ0v) is 20.1. The topological polar surface area (TPSA) is 77.1 Å². The van der Waals surface area contributed by atoms with E-state index in [1.165, 1.54) is 19.2 Å². The summed E-state index contributed by atoms with van der Waals surface area (Å²) >= 11 is 0. The van der Waals surface area contributed by atoms with E-state index in [9.17, 15) is 9.59 Å². The van der Waals surface area contributed by atoms with Crippen LogP contribution in [0.3, 0.4) is 0 Å². The quantitative estimate of drug-likeness (QED) is 0.347. The monoisotopic (exact) mass is 462 g/mol. The third-order valence-electron chi connectivity index (χ3n) is 4.86. The van der Waals surface area contributed by atoms with Crippen LogP contribution in [0.2, 0.25) is 0 Å². The van der Waals surface area contributed by atoms with Crippen molar-refractivity contribution >= 4 is 17.7 Å². The number of hydrazine groups is 1. The van der Waals surface area contributed by atoms with Gasteiger partial charge in [0.15, 0.2) is 0 Å². The Balaban J connectivity index is 1.79. The Kier molecular flexibility index (Phi) is 7.79. The minimum Gasteiger partial charge on any atom is -0.489 e. The SMILES string of the molecule is COC(=O)c1cccc(COc2ccc(-c3ccccc3)cc2)c1NN(C)C(=O)OC(C)(C)C. The number of benzene rings is 3. The molecule has 0 aromatic heterocycles. The molecule has 0 saturated heterocycles. The molecule has 0 spiro atoms. The molecule has 7 heteroatoms. The molecule has 0 atom stereocenters. The number of carbonyl (C=O) groups excluding carboxylic acids is 2. The number of hydrogen-bond acceptors (Lipinski definition) is 6. The van der Waals surface area contributed by atoms with Crippen molar-refractivity contribution in [1.29, 1.82) is 0 Å². The molecule has 0 radical (unpaired) electrons. The zero-order valence-electron chi connectivity index (χ0n) is 20.1. The molecule has 0 aliphatic heterocycles. The summed E-state index contributed by atoms with van der Waals surface area (Å²) in [5.41, 5.74) is 5.86. The van der Waals surface area contributed by atoms with E-state index in [1.807, 2.05) is 60.7 Å². The Morgan fingerprint density at radius 1 is 0.882 bits per heavy atom. The van der Waals surface area contributed by atoms with Crippen LogP contribution in [0.5, 0.6) is 5.75 Å². The van der Waals surface area contributed by atoms with Gasteiger partial charge in [-0.1, -0.05) is 54.6 Å². The maximum Gasteiger partial charge on any atom is 0.428 e. The van der Waals surface area contributed by atoms with E-state index in [4.69, 9.17) is 14.2 Å². The molecule has 0 aliphatic carbocycles. The normalized spacial score (nSPS) is 10.9. The Hall–Kier alpha value is -4.00. The van der Waals surface area contributed by atoms with Crippen molar-refractivity contribution in [3.63, 3.8) is 0 Å². The van der Waals surface area contributed by atoms with Crippen molar-refractivity contribution in [2.75, 3.05) is 19.6 Å². The minimum absolute atomic E-state index is 0.167. The molecule has 0 saturated carbocycles. The Morgan fingerprint density at radius 3 is 2.15 bits per heavy atom. The second-order valence-electron chi connectivity index (χ2n) is 8.66. The van der Waals surface area contributed by atoms with Gasteiger partial charge in [-0.2, -0.15) is 0 Å². The van der Waals surface area contributed by atoms with Crippen LogP contribution in [0.4, 0.5) is 10.5 Å². The number of para-hydroxylation sites is 1. The van der Waals surface area contributed by atoms with Crippen molar-refractivity contribution in [1.82, 2.24) is 5.01 Å². The highest BCUT2D eigenvalue weighted by Gasteiger charge is 2.23. The molecule has 3 rings (SSSR count). The number of nitrogens with zero attached hydrogens (tertiary/aromatic N) is 1. The number of carbonyl (C=O) groups is 2. The van der Waals surface area contributed by atoms with Crippen LogP contribution in [0.15, 0.2) is 72.8 Å². The third kappa shape index (κ3) is 6.51. The van der Waals surface area contributed by atoms with Gasteiger partial charge in [-0.3, -0.25) is 5.43 Å². The average Bonchev–Trinajstić information content (AvgIpc) is 2.82. The summed E-state index contributed by atoms with van der Waals surface area (Å²) in [6, 6.07) is 23.0. The van der Waals surface area contributed by atoms with Crippen molar-refractivity contribution in [2.45, 2.75) is 33.0 Å². The smallest absolute Gasteiger partial charge is 0.428 e. The van der Waals surface area contributed by atoms with Gasteiger partial charge in [-0.25, -0.2) is 14.6 Å². The van der Waals surface area contributed by atoms with E-state index in [2.05, 4.69) is 5.43 Å². The van der Waals surface area contributed by atoms with E-state index >= 15 is 0 Å². The highest BCUT2D eigenvalue weighted by molar-refractivity contribution is 5.96. The number of rotatable bonds is 7. The number of hydrogen-bond donors (Lipinski definition) is 1. The predicted molar refractivity (Wildman–Crippen MR) is 132 cm³/mol. The fraction of sp³-hybridized carbons (Fsp3) is 0.259. The fourth-order valence-corrected chi connectivity index (χ4v) is 3.21. The lowest BCUT2D eigenvalue weighted by Crippen LogP contribution is -2.38. The predicted octanol–water partition coefficient (Wildman–Crippen LogP) is 5.91. The molecular formula is C27H30N2O5. The summed E-state index contributed by atoms with van der Waals surface area (Å²) in [5, 5.41) is 1.19. The summed E-state index contributed by atoms with van der Waals surface area (Å²) in [5.74, 6) is 0.142. The zero-order chi connectivity index (χ0) is 24.7. The first-order valence-electron chi connectivity index (χ1n) is 10.9. The molecule has 7 nitrogen and oxygen atoms in total. The molecule has 0 unspecified atom stereocenters. The molecule has 34 heavy (non-hydrogen) atoms.